The Labute approximate surface area is 175 Å². The van der Waals surface area contributed by atoms with Gasteiger partial charge in [-0.15, -0.1) is 35.9 Å². The molecule has 0 spiro atoms. The van der Waals surface area contributed by atoms with Gasteiger partial charge in [0.25, 0.3) is 0 Å². The van der Waals surface area contributed by atoms with E-state index in [9.17, 15) is 0 Å². The van der Waals surface area contributed by atoms with E-state index in [4.69, 9.17) is 5.73 Å². The molecule has 136 valence electrons. The Kier molecular flexibility index (Phi) is 20.0. The minimum atomic E-state index is -0.250. The van der Waals surface area contributed by atoms with Gasteiger partial charge in [-0.1, -0.05) is 56.2 Å². The molecule has 5 heteroatoms. The van der Waals surface area contributed by atoms with Crippen molar-refractivity contribution in [1.82, 2.24) is 0 Å². The van der Waals surface area contributed by atoms with E-state index in [0.717, 1.165) is 6.42 Å². The Morgan fingerprint density at radius 3 is 1.96 bits per heavy atom. The normalized spacial score (nSPS) is 9.29. The maximum absolute atomic E-state index is 6.94. The van der Waals surface area contributed by atoms with Gasteiger partial charge in [0.2, 0.25) is 0 Å². The number of hydrogen-bond donors (Lipinski definition) is 0. The molecule has 1 aliphatic rings. The zero-order chi connectivity index (χ0) is 15.2. The fourth-order valence-corrected chi connectivity index (χ4v) is 2.00. The van der Waals surface area contributed by atoms with Crippen LogP contribution in [-0.4, -0.2) is 13.2 Å². The molecular weight excluding hydrogens is 389 g/mol. The van der Waals surface area contributed by atoms with Crippen LogP contribution in [-0.2, 0) is 25.6 Å². The molecule has 0 amide bonds. The van der Waals surface area contributed by atoms with Gasteiger partial charge in [-0.3, -0.25) is 0 Å². The van der Waals surface area contributed by atoms with E-state index < -0.39 is 0 Å². The summed E-state index contributed by atoms with van der Waals surface area (Å²) in [7, 11) is 1.86. The maximum atomic E-state index is 6.94. The smallest absolute Gasteiger partial charge is 0.0253 e. The molecule has 0 aliphatic heterocycles. The van der Waals surface area contributed by atoms with Crippen LogP contribution in [0.5, 0.6) is 0 Å². The summed E-state index contributed by atoms with van der Waals surface area (Å²) in [6, 6.07) is 18.1. The van der Waals surface area contributed by atoms with Gasteiger partial charge in [0.1, 0.15) is 0 Å². The number of nitrogens with one attached hydrogen (secondary N) is 1. The van der Waals surface area contributed by atoms with Crippen LogP contribution >= 0.6 is 24.8 Å². The molecule has 0 saturated heterocycles. The fourth-order valence-electron chi connectivity index (χ4n) is 2.00. The van der Waals surface area contributed by atoms with Crippen LogP contribution in [0.15, 0.2) is 42.5 Å². The van der Waals surface area contributed by atoms with Crippen LogP contribution in [0.1, 0.15) is 31.9 Å². The zero-order valence-corrected chi connectivity index (χ0v) is 19.9. The summed E-state index contributed by atoms with van der Waals surface area (Å²) in [6.07, 6.45) is 1.05. The summed E-state index contributed by atoms with van der Waals surface area (Å²) >= 11 is 2.03. The topological polar surface area (TPSA) is 23.8 Å². The molecule has 0 heterocycles. The first-order valence-electron chi connectivity index (χ1n) is 6.63. The minimum absolute atomic E-state index is 0. The molecule has 24 heavy (non-hydrogen) atoms. The van der Waals surface area contributed by atoms with Crippen molar-refractivity contribution in [3.8, 4) is 11.1 Å². The van der Waals surface area contributed by atoms with E-state index in [0.29, 0.717) is 0 Å². The van der Waals surface area contributed by atoms with E-state index in [-0.39, 0.29) is 45.2 Å². The molecule has 0 unspecified atom stereocenters. The van der Waals surface area contributed by atoms with E-state index in [1.165, 1.54) is 22.3 Å². The second-order valence-electron chi connectivity index (χ2n) is 5.65. The standard InChI is InChI=1S/C13H9.C4H10N.2CH3.2ClH.H2Si.Ti/c1-3-7-12-10(5-1)9-11-6-2-4-8-13(11)12;1-4(2,3)5;;;;;;/h1-5,7-8H,9H2;5H,1-3H3;2*1H3;2*1H;1H2;/q4*-1;;;;. The van der Waals surface area contributed by atoms with Gasteiger partial charge in [-0.2, -0.15) is 29.8 Å². The van der Waals surface area contributed by atoms with Gasteiger partial charge in [0, 0.05) is 0 Å². The van der Waals surface area contributed by atoms with Crippen molar-refractivity contribution in [2.24, 2.45) is 0 Å². The van der Waals surface area contributed by atoms with Gasteiger partial charge in [-0.25, -0.2) is 0 Å². The monoisotopic (exact) mass is 417 g/mol. The second-order valence-corrected chi connectivity index (χ2v) is 5.65. The van der Waals surface area contributed by atoms with Crippen molar-refractivity contribution in [2.45, 2.75) is 32.7 Å². The van der Waals surface area contributed by atoms with Gasteiger partial charge in [0.15, 0.2) is 0 Å². The number of rotatable bonds is 0. The van der Waals surface area contributed by atoms with Crippen molar-refractivity contribution in [1.29, 1.82) is 0 Å². The SMILES string of the molecule is CC(C)(C)[NH-].Cl.Cl.[CH3-].[CH3-].[SiH2]=[Ti].[c-]1cccc2c1Cc1ccccc1-2. The molecule has 2 aromatic rings. The van der Waals surface area contributed by atoms with Crippen molar-refractivity contribution in [3.63, 3.8) is 0 Å². The van der Waals surface area contributed by atoms with E-state index >= 15 is 0 Å². The molecule has 2 aromatic carbocycles. The van der Waals surface area contributed by atoms with E-state index in [1.54, 1.807) is 0 Å². The first-order chi connectivity index (χ1) is 9.45. The Morgan fingerprint density at radius 2 is 1.42 bits per heavy atom. The first kappa shape index (κ1) is 31.7. The molecule has 1 nitrogen and oxygen atoms in total. The summed E-state index contributed by atoms with van der Waals surface area (Å²) in [5.74, 6) is 0. The Bertz CT molecular complexity index is 522. The predicted octanol–water partition coefficient (Wildman–Crippen LogP) is 5.72. The van der Waals surface area contributed by atoms with Gasteiger partial charge in [0.05, 0.1) is 0 Å². The van der Waals surface area contributed by atoms with Gasteiger partial charge >= 0.3 is 26.8 Å². The Hall–Kier alpha value is -0.0888. The fraction of sp³-hybridized carbons (Fsp3) is 0.263. The summed E-state index contributed by atoms with van der Waals surface area (Å²) in [6.45, 7) is 5.56. The number of hydrogen-bond acceptors (Lipinski definition) is 0. The van der Waals surface area contributed by atoms with Crippen LogP contribution in [0.3, 0.4) is 0 Å². The molecule has 0 atom stereocenters. The van der Waals surface area contributed by atoms with Gasteiger partial charge < -0.3 is 20.6 Å². The molecule has 0 aromatic heterocycles. The Balaban J connectivity index is -0.000000162. The summed E-state index contributed by atoms with van der Waals surface area (Å²) in [5.41, 5.74) is 12.2. The molecule has 1 aliphatic carbocycles. The van der Waals surface area contributed by atoms with Crippen LogP contribution in [0.2, 0.25) is 0 Å². The van der Waals surface area contributed by atoms with Crippen molar-refractivity contribution >= 4 is 32.4 Å². The van der Waals surface area contributed by atoms with E-state index in [2.05, 4.69) is 42.5 Å². The average molecular weight is 418 g/mol. The quantitative estimate of drug-likeness (QED) is 0.329. The third-order valence-electron chi connectivity index (χ3n) is 2.62. The molecule has 0 saturated carbocycles. The molecule has 1 N–H and O–H groups in total. The summed E-state index contributed by atoms with van der Waals surface area (Å²) in [5, 5.41) is 0. The molecule has 0 fully saturated rings. The maximum Gasteiger partial charge on any atom is -0.0253 e. The predicted molar refractivity (Wildman–Crippen MR) is 113 cm³/mol. The molecule has 0 radical (unpaired) electrons. The summed E-state index contributed by atoms with van der Waals surface area (Å²) in [4.78, 5) is 0. The zero-order valence-electron chi connectivity index (χ0n) is 15.3. The average Bonchev–Trinajstić information content (AvgIpc) is 2.78. The molecule has 3 rings (SSSR count). The number of fused-ring (bicyclic) bond motifs is 3. The van der Waals surface area contributed by atoms with Crippen LogP contribution in [0.25, 0.3) is 16.9 Å². The minimum Gasteiger partial charge on any atom is -0.179 e. The number of halogens is 2. The first-order valence-corrected chi connectivity index (χ1v) is 10.7. The van der Waals surface area contributed by atoms with Crippen LogP contribution < -0.4 is 0 Å². The van der Waals surface area contributed by atoms with Crippen LogP contribution in [0, 0.1) is 20.9 Å². The largest absolute Gasteiger partial charge is 0.179 e. The molecular formula is C19H29Cl2NSiTi-4. The number of benzene rings is 2. The van der Waals surface area contributed by atoms with Crippen molar-refractivity contribution in [3.05, 3.63) is 80.2 Å². The third-order valence-corrected chi connectivity index (χ3v) is 2.62. The van der Waals surface area contributed by atoms with Crippen molar-refractivity contribution < 1.29 is 19.2 Å². The van der Waals surface area contributed by atoms with Gasteiger partial charge in [-0.05, 0) is 6.42 Å². The Morgan fingerprint density at radius 1 is 0.958 bits per heavy atom. The summed E-state index contributed by atoms with van der Waals surface area (Å²) < 4.78 is 0. The van der Waals surface area contributed by atoms with E-state index in [1.807, 2.05) is 53.6 Å². The van der Waals surface area contributed by atoms with Crippen LogP contribution in [0.4, 0.5) is 0 Å². The van der Waals surface area contributed by atoms with Crippen molar-refractivity contribution in [2.75, 3.05) is 0 Å². The second kappa shape index (κ2) is 15.2. The molecule has 0 bridgehead atoms. The third kappa shape index (κ3) is 10.7.